The van der Waals surface area contributed by atoms with Crippen molar-refractivity contribution in [2.45, 2.75) is 13.8 Å². The Bertz CT molecular complexity index is 579. The molecule has 0 radical (unpaired) electrons. The zero-order valence-corrected chi connectivity index (χ0v) is 10.5. The third-order valence-corrected chi connectivity index (χ3v) is 2.84. The fraction of sp³-hybridized carbons (Fsp3) is 0.286. The summed E-state index contributed by atoms with van der Waals surface area (Å²) in [6.45, 7) is 3.78. The first kappa shape index (κ1) is 12.4. The number of amides is 1. The summed E-state index contributed by atoms with van der Waals surface area (Å²) in [7, 11) is 0. The van der Waals surface area contributed by atoms with Crippen LogP contribution in [-0.2, 0) is 4.79 Å². The van der Waals surface area contributed by atoms with Gasteiger partial charge in [0.25, 0.3) is 0 Å². The number of ether oxygens (including phenoxy) is 1. The van der Waals surface area contributed by atoms with Gasteiger partial charge >= 0.3 is 0 Å². The molecule has 4 nitrogen and oxygen atoms in total. The number of rotatable bonds is 4. The highest BCUT2D eigenvalue weighted by atomic mass is 16.5. The molecule has 0 aliphatic heterocycles. The number of benzene rings is 1. The number of hydrogen-bond donors (Lipinski definition) is 1. The molecule has 2 N–H and O–H groups in total. The molecule has 2 aromatic rings. The molecule has 1 aromatic carbocycles. The molecule has 0 saturated heterocycles. The Hall–Kier alpha value is -2.10. The molecule has 4 heteroatoms. The maximum absolute atomic E-state index is 11.2. The minimum atomic E-state index is -0.677. The summed E-state index contributed by atoms with van der Waals surface area (Å²) in [5, 5.41) is 1.01. The summed E-state index contributed by atoms with van der Waals surface area (Å²) in [6, 6.07) is 9.47. The molecule has 0 unspecified atom stereocenters. The van der Waals surface area contributed by atoms with Gasteiger partial charge < -0.3 is 10.5 Å². The van der Waals surface area contributed by atoms with Crippen LogP contribution < -0.4 is 10.5 Å². The van der Waals surface area contributed by atoms with Crippen LogP contribution in [0.25, 0.3) is 10.9 Å². The van der Waals surface area contributed by atoms with E-state index in [0.29, 0.717) is 5.75 Å². The number of nitrogens with two attached hydrogens (primary N) is 1. The second-order valence-electron chi connectivity index (χ2n) is 4.89. The summed E-state index contributed by atoms with van der Waals surface area (Å²) in [6.07, 6.45) is 1.75. The Morgan fingerprint density at radius 1 is 1.39 bits per heavy atom. The van der Waals surface area contributed by atoms with Gasteiger partial charge in [-0.05, 0) is 38.1 Å². The Labute approximate surface area is 106 Å². The SMILES string of the molecule is CC(C)(COc1ccc2ncccc2c1)C(N)=O. The molecule has 1 heterocycles. The maximum Gasteiger partial charge on any atom is 0.226 e. The van der Waals surface area contributed by atoms with Crippen LogP contribution in [0.1, 0.15) is 13.8 Å². The van der Waals surface area contributed by atoms with Crippen molar-refractivity contribution in [1.82, 2.24) is 4.98 Å². The Balaban J connectivity index is 2.15. The van der Waals surface area contributed by atoms with Crippen molar-refractivity contribution in [3.05, 3.63) is 36.5 Å². The summed E-state index contributed by atoms with van der Waals surface area (Å²) in [5.41, 5.74) is 5.54. The van der Waals surface area contributed by atoms with Gasteiger partial charge in [-0.3, -0.25) is 9.78 Å². The molecule has 94 valence electrons. The number of pyridine rings is 1. The molecule has 0 fully saturated rings. The fourth-order valence-corrected chi connectivity index (χ4v) is 1.48. The monoisotopic (exact) mass is 244 g/mol. The summed E-state index contributed by atoms with van der Waals surface area (Å²) >= 11 is 0. The lowest BCUT2D eigenvalue weighted by atomic mass is 9.94. The summed E-state index contributed by atoms with van der Waals surface area (Å²) < 4.78 is 5.61. The topological polar surface area (TPSA) is 65.2 Å². The van der Waals surface area contributed by atoms with Crippen molar-refractivity contribution in [3.8, 4) is 5.75 Å². The van der Waals surface area contributed by atoms with Crippen LogP contribution in [0.15, 0.2) is 36.5 Å². The average Bonchev–Trinajstić information content (AvgIpc) is 2.36. The Kier molecular flexibility index (Phi) is 3.19. The van der Waals surface area contributed by atoms with Crippen molar-refractivity contribution in [1.29, 1.82) is 0 Å². The number of carbonyl (C=O) groups is 1. The lowest BCUT2D eigenvalue weighted by molar-refractivity contribution is -0.127. The van der Waals surface area contributed by atoms with Gasteiger partial charge in [-0.25, -0.2) is 0 Å². The van der Waals surface area contributed by atoms with Crippen LogP contribution in [-0.4, -0.2) is 17.5 Å². The first-order chi connectivity index (χ1) is 8.49. The van der Waals surface area contributed by atoms with E-state index in [1.165, 1.54) is 0 Å². The highest BCUT2D eigenvalue weighted by Crippen LogP contribution is 2.22. The van der Waals surface area contributed by atoms with Crippen molar-refractivity contribution in [2.75, 3.05) is 6.61 Å². The Morgan fingerprint density at radius 3 is 2.89 bits per heavy atom. The van der Waals surface area contributed by atoms with Gasteiger partial charge in [0.05, 0.1) is 10.9 Å². The van der Waals surface area contributed by atoms with Gasteiger partial charge in [-0.2, -0.15) is 0 Å². The number of nitrogens with zero attached hydrogens (tertiary/aromatic N) is 1. The molecule has 1 aromatic heterocycles. The predicted molar refractivity (Wildman–Crippen MR) is 70.2 cm³/mol. The molecule has 2 rings (SSSR count). The average molecular weight is 244 g/mol. The van der Waals surface area contributed by atoms with Gasteiger partial charge in [-0.15, -0.1) is 0 Å². The lowest BCUT2D eigenvalue weighted by Crippen LogP contribution is -2.36. The van der Waals surface area contributed by atoms with Gasteiger partial charge in [0.15, 0.2) is 0 Å². The number of primary amides is 1. The molecule has 0 bridgehead atoms. The smallest absolute Gasteiger partial charge is 0.226 e. The molecule has 0 aliphatic rings. The first-order valence-corrected chi connectivity index (χ1v) is 5.76. The zero-order chi connectivity index (χ0) is 13.2. The third-order valence-electron chi connectivity index (χ3n) is 2.84. The Morgan fingerprint density at radius 2 is 2.17 bits per heavy atom. The third kappa shape index (κ3) is 2.59. The minimum Gasteiger partial charge on any atom is -0.492 e. The maximum atomic E-state index is 11.2. The number of carbonyl (C=O) groups excluding carboxylic acids is 1. The number of fused-ring (bicyclic) bond motifs is 1. The molecule has 0 saturated carbocycles. The quantitative estimate of drug-likeness (QED) is 0.896. The molecule has 18 heavy (non-hydrogen) atoms. The molecule has 0 aliphatic carbocycles. The second kappa shape index (κ2) is 4.64. The molecule has 0 spiro atoms. The summed E-state index contributed by atoms with van der Waals surface area (Å²) in [4.78, 5) is 15.4. The second-order valence-corrected chi connectivity index (χ2v) is 4.89. The highest BCUT2D eigenvalue weighted by Gasteiger charge is 2.25. The lowest BCUT2D eigenvalue weighted by Gasteiger charge is -2.20. The molecular weight excluding hydrogens is 228 g/mol. The van der Waals surface area contributed by atoms with E-state index in [1.54, 1.807) is 20.0 Å². The standard InChI is InChI=1S/C14H16N2O2/c1-14(2,13(15)17)9-18-11-5-6-12-10(8-11)4-3-7-16-12/h3-8H,9H2,1-2H3,(H2,15,17). The molecular formula is C14H16N2O2. The van der Waals surface area contributed by atoms with E-state index in [2.05, 4.69) is 4.98 Å². The van der Waals surface area contributed by atoms with Crippen LogP contribution in [0.5, 0.6) is 5.75 Å². The molecule has 0 atom stereocenters. The van der Waals surface area contributed by atoms with Crippen molar-refractivity contribution in [2.24, 2.45) is 11.1 Å². The van der Waals surface area contributed by atoms with Crippen LogP contribution in [0, 0.1) is 5.41 Å². The minimum absolute atomic E-state index is 0.258. The van der Waals surface area contributed by atoms with E-state index in [-0.39, 0.29) is 12.5 Å². The van der Waals surface area contributed by atoms with Gasteiger partial charge in [0.2, 0.25) is 5.91 Å². The number of hydrogen-bond acceptors (Lipinski definition) is 3. The number of aromatic nitrogens is 1. The zero-order valence-electron chi connectivity index (χ0n) is 10.5. The van der Waals surface area contributed by atoms with Crippen molar-refractivity contribution >= 4 is 16.8 Å². The van der Waals surface area contributed by atoms with Crippen LogP contribution in [0.4, 0.5) is 0 Å². The molecule has 1 amide bonds. The van der Waals surface area contributed by atoms with Gasteiger partial charge in [0.1, 0.15) is 12.4 Å². The van der Waals surface area contributed by atoms with E-state index >= 15 is 0 Å². The fourth-order valence-electron chi connectivity index (χ4n) is 1.48. The van der Waals surface area contributed by atoms with Crippen molar-refractivity contribution in [3.63, 3.8) is 0 Å². The van der Waals surface area contributed by atoms with Crippen LogP contribution in [0.2, 0.25) is 0 Å². The van der Waals surface area contributed by atoms with Crippen LogP contribution >= 0.6 is 0 Å². The van der Waals surface area contributed by atoms with Crippen molar-refractivity contribution < 1.29 is 9.53 Å². The van der Waals surface area contributed by atoms with E-state index in [4.69, 9.17) is 10.5 Å². The summed E-state index contributed by atoms with van der Waals surface area (Å²) in [5.74, 6) is 0.342. The first-order valence-electron chi connectivity index (χ1n) is 5.76. The predicted octanol–water partition coefficient (Wildman–Crippen LogP) is 2.13. The largest absolute Gasteiger partial charge is 0.492 e. The van der Waals surface area contributed by atoms with E-state index in [9.17, 15) is 4.79 Å². The normalized spacial score (nSPS) is 11.4. The van der Waals surface area contributed by atoms with E-state index in [1.807, 2.05) is 30.3 Å². The van der Waals surface area contributed by atoms with Crippen LogP contribution in [0.3, 0.4) is 0 Å². The highest BCUT2D eigenvalue weighted by molar-refractivity contribution is 5.80. The van der Waals surface area contributed by atoms with Gasteiger partial charge in [0, 0.05) is 11.6 Å². The van der Waals surface area contributed by atoms with Gasteiger partial charge in [-0.1, -0.05) is 6.07 Å². The van der Waals surface area contributed by atoms with E-state index < -0.39 is 5.41 Å². The van der Waals surface area contributed by atoms with E-state index in [0.717, 1.165) is 10.9 Å².